The second-order valence-corrected chi connectivity index (χ2v) is 4.72. The lowest BCUT2D eigenvalue weighted by Gasteiger charge is -2.10. The van der Waals surface area contributed by atoms with E-state index in [0.717, 1.165) is 24.9 Å². The maximum Gasteiger partial charge on any atom is 0.165 e. The standard InChI is InChI=1S/C14H18ClN3O/c1-2-8-18-10-12(9-17-18)19-14-11(6-7-16)4-3-5-13(14)15/h3-5,9-10H,2,6-8,16H2,1H3. The van der Waals surface area contributed by atoms with Gasteiger partial charge < -0.3 is 10.5 Å². The molecule has 0 atom stereocenters. The molecule has 5 heteroatoms. The first kappa shape index (κ1) is 13.9. The van der Waals surface area contributed by atoms with E-state index >= 15 is 0 Å². The van der Waals surface area contributed by atoms with E-state index in [0.29, 0.717) is 23.1 Å². The van der Waals surface area contributed by atoms with Gasteiger partial charge in [-0.2, -0.15) is 5.10 Å². The van der Waals surface area contributed by atoms with Crippen molar-refractivity contribution in [1.82, 2.24) is 9.78 Å². The minimum Gasteiger partial charge on any atom is -0.452 e. The highest BCUT2D eigenvalue weighted by atomic mass is 35.5. The quantitative estimate of drug-likeness (QED) is 0.883. The number of nitrogens with zero attached hydrogens (tertiary/aromatic N) is 2. The Labute approximate surface area is 118 Å². The van der Waals surface area contributed by atoms with Crippen molar-refractivity contribution < 1.29 is 4.74 Å². The van der Waals surface area contributed by atoms with Gasteiger partial charge in [0.2, 0.25) is 0 Å². The predicted octanol–water partition coefficient (Wildman–Crippen LogP) is 3.24. The monoisotopic (exact) mass is 279 g/mol. The normalized spacial score (nSPS) is 10.7. The van der Waals surface area contributed by atoms with Crippen LogP contribution in [0.3, 0.4) is 0 Å². The zero-order valence-electron chi connectivity index (χ0n) is 11.0. The van der Waals surface area contributed by atoms with Gasteiger partial charge in [0.25, 0.3) is 0 Å². The second-order valence-electron chi connectivity index (χ2n) is 4.31. The Hall–Kier alpha value is -1.52. The van der Waals surface area contributed by atoms with Gasteiger partial charge >= 0.3 is 0 Å². The molecule has 0 bridgehead atoms. The number of nitrogens with two attached hydrogens (primary N) is 1. The molecule has 0 fully saturated rings. The molecule has 0 aliphatic heterocycles. The number of halogens is 1. The van der Waals surface area contributed by atoms with E-state index in [1.54, 1.807) is 6.20 Å². The van der Waals surface area contributed by atoms with Crippen molar-refractivity contribution in [2.45, 2.75) is 26.3 Å². The second kappa shape index (κ2) is 6.59. The topological polar surface area (TPSA) is 53.1 Å². The Morgan fingerprint density at radius 1 is 1.42 bits per heavy atom. The fourth-order valence-corrected chi connectivity index (χ4v) is 2.12. The summed E-state index contributed by atoms with van der Waals surface area (Å²) < 4.78 is 7.70. The molecule has 0 aliphatic rings. The number of ether oxygens (including phenoxy) is 1. The van der Waals surface area contributed by atoms with Crippen molar-refractivity contribution in [2.24, 2.45) is 5.73 Å². The summed E-state index contributed by atoms with van der Waals surface area (Å²) in [7, 11) is 0. The van der Waals surface area contributed by atoms with Crippen molar-refractivity contribution in [3.8, 4) is 11.5 Å². The number of benzene rings is 1. The van der Waals surface area contributed by atoms with Crippen LogP contribution < -0.4 is 10.5 Å². The minimum absolute atomic E-state index is 0.561. The van der Waals surface area contributed by atoms with Crippen LogP contribution in [-0.4, -0.2) is 16.3 Å². The third-order valence-electron chi connectivity index (χ3n) is 2.74. The van der Waals surface area contributed by atoms with Crippen molar-refractivity contribution in [1.29, 1.82) is 0 Å². The highest BCUT2D eigenvalue weighted by molar-refractivity contribution is 6.32. The Morgan fingerprint density at radius 3 is 3.00 bits per heavy atom. The van der Waals surface area contributed by atoms with E-state index in [1.807, 2.05) is 29.1 Å². The molecule has 0 spiro atoms. The molecule has 4 nitrogen and oxygen atoms in total. The number of aryl methyl sites for hydroxylation is 1. The number of hydrogen-bond donors (Lipinski definition) is 1. The molecule has 1 aromatic carbocycles. The molecule has 0 unspecified atom stereocenters. The van der Waals surface area contributed by atoms with Gasteiger partial charge in [0, 0.05) is 6.54 Å². The first-order valence-electron chi connectivity index (χ1n) is 6.42. The summed E-state index contributed by atoms with van der Waals surface area (Å²) in [6, 6.07) is 5.69. The number of aromatic nitrogens is 2. The van der Waals surface area contributed by atoms with Crippen LogP contribution in [0.2, 0.25) is 5.02 Å². The molecular formula is C14H18ClN3O. The van der Waals surface area contributed by atoms with Crippen LogP contribution in [0.1, 0.15) is 18.9 Å². The van der Waals surface area contributed by atoms with E-state index in [4.69, 9.17) is 22.1 Å². The van der Waals surface area contributed by atoms with Crippen molar-refractivity contribution in [2.75, 3.05) is 6.54 Å². The average molecular weight is 280 g/mol. The van der Waals surface area contributed by atoms with E-state index in [9.17, 15) is 0 Å². The van der Waals surface area contributed by atoms with E-state index in [1.165, 1.54) is 0 Å². The molecule has 0 aliphatic carbocycles. The van der Waals surface area contributed by atoms with Crippen LogP contribution >= 0.6 is 11.6 Å². The summed E-state index contributed by atoms with van der Waals surface area (Å²) in [6.07, 6.45) is 5.34. The molecule has 0 saturated heterocycles. The lowest BCUT2D eigenvalue weighted by Crippen LogP contribution is -2.04. The van der Waals surface area contributed by atoms with Crippen molar-refractivity contribution in [3.63, 3.8) is 0 Å². The summed E-state index contributed by atoms with van der Waals surface area (Å²) in [6.45, 7) is 3.54. The molecule has 1 aromatic heterocycles. The fourth-order valence-electron chi connectivity index (χ4n) is 1.89. The zero-order chi connectivity index (χ0) is 13.7. The molecule has 102 valence electrons. The maximum atomic E-state index is 6.19. The van der Waals surface area contributed by atoms with Crippen LogP contribution in [0.4, 0.5) is 0 Å². The van der Waals surface area contributed by atoms with Gasteiger partial charge in [-0.3, -0.25) is 4.68 Å². The van der Waals surface area contributed by atoms with E-state index < -0.39 is 0 Å². The summed E-state index contributed by atoms with van der Waals surface area (Å²) >= 11 is 6.19. The number of rotatable bonds is 6. The summed E-state index contributed by atoms with van der Waals surface area (Å²) in [5.41, 5.74) is 6.61. The molecule has 2 N–H and O–H groups in total. The summed E-state index contributed by atoms with van der Waals surface area (Å²) in [5.74, 6) is 1.37. The zero-order valence-corrected chi connectivity index (χ0v) is 11.7. The first-order chi connectivity index (χ1) is 9.24. The fraction of sp³-hybridized carbons (Fsp3) is 0.357. The molecule has 0 amide bonds. The van der Waals surface area contributed by atoms with E-state index in [2.05, 4.69) is 12.0 Å². The Balaban J connectivity index is 2.21. The third-order valence-corrected chi connectivity index (χ3v) is 3.04. The molecule has 1 heterocycles. The highest BCUT2D eigenvalue weighted by Crippen LogP contribution is 2.32. The molecule has 19 heavy (non-hydrogen) atoms. The molecule has 0 radical (unpaired) electrons. The first-order valence-corrected chi connectivity index (χ1v) is 6.80. The molecule has 2 rings (SSSR count). The summed E-state index contributed by atoms with van der Waals surface area (Å²) in [4.78, 5) is 0. The van der Waals surface area contributed by atoms with Crippen LogP contribution in [-0.2, 0) is 13.0 Å². The number of para-hydroxylation sites is 1. The predicted molar refractivity (Wildman–Crippen MR) is 76.8 cm³/mol. The maximum absolute atomic E-state index is 6.19. The van der Waals surface area contributed by atoms with Gasteiger partial charge in [-0.25, -0.2) is 0 Å². The largest absolute Gasteiger partial charge is 0.452 e. The van der Waals surface area contributed by atoms with Crippen LogP contribution in [0, 0.1) is 0 Å². The van der Waals surface area contributed by atoms with Crippen LogP contribution in [0.25, 0.3) is 0 Å². The van der Waals surface area contributed by atoms with Gasteiger partial charge in [0.05, 0.1) is 17.4 Å². The van der Waals surface area contributed by atoms with E-state index in [-0.39, 0.29) is 0 Å². The smallest absolute Gasteiger partial charge is 0.165 e. The Bertz CT molecular complexity index is 539. The minimum atomic E-state index is 0.561. The highest BCUT2D eigenvalue weighted by Gasteiger charge is 2.10. The lowest BCUT2D eigenvalue weighted by atomic mass is 10.1. The summed E-state index contributed by atoms with van der Waals surface area (Å²) in [5, 5.41) is 4.82. The lowest BCUT2D eigenvalue weighted by molar-refractivity contribution is 0.474. The molecular weight excluding hydrogens is 262 g/mol. The van der Waals surface area contributed by atoms with Crippen molar-refractivity contribution in [3.05, 3.63) is 41.2 Å². The number of hydrogen-bond acceptors (Lipinski definition) is 3. The van der Waals surface area contributed by atoms with Gasteiger partial charge in [0.1, 0.15) is 5.75 Å². The van der Waals surface area contributed by atoms with Crippen LogP contribution in [0.5, 0.6) is 11.5 Å². The average Bonchev–Trinajstić information content (AvgIpc) is 2.82. The van der Waals surface area contributed by atoms with Gasteiger partial charge in [0.15, 0.2) is 5.75 Å². The van der Waals surface area contributed by atoms with Crippen LogP contribution in [0.15, 0.2) is 30.6 Å². The molecule has 2 aromatic rings. The third kappa shape index (κ3) is 3.49. The SMILES string of the molecule is CCCn1cc(Oc2c(Cl)cccc2CCN)cn1. The Kier molecular flexibility index (Phi) is 4.82. The van der Waals surface area contributed by atoms with Gasteiger partial charge in [-0.1, -0.05) is 30.7 Å². The van der Waals surface area contributed by atoms with Gasteiger partial charge in [-0.15, -0.1) is 0 Å². The molecule has 0 saturated carbocycles. The van der Waals surface area contributed by atoms with Gasteiger partial charge in [-0.05, 0) is 31.0 Å². The van der Waals surface area contributed by atoms with Crippen molar-refractivity contribution >= 4 is 11.6 Å². The Morgan fingerprint density at radius 2 is 2.26 bits per heavy atom.